The number of nitrogens with one attached hydrogen (secondary N) is 1. The number of thioether (sulfide) groups is 1. The van der Waals surface area contributed by atoms with Crippen LogP contribution in [0.25, 0.3) is 11.0 Å². The molecular weight excluding hydrogens is 316 g/mol. The zero-order chi connectivity index (χ0) is 16.4. The van der Waals surface area contributed by atoms with E-state index in [-0.39, 0.29) is 42.3 Å². The van der Waals surface area contributed by atoms with Crippen LogP contribution in [-0.2, 0) is 16.0 Å². The number of rotatable bonds is 5. The number of furan rings is 1. The van der Waals surface area contributed by atoms with E-state index in [1.807, 2.05) is 25.1 Å². The van der Waals surface area contributed by atoms with Gasteiger partial charge in [-0.1, -0.05) is 23.9 Å². The highest BCUT2D eigenvalue weighted by Crippen LogP contribution is 2.22. The van der Waals surface area contributed by atoms with Crippen LogP contribution >= 0.6 is 11.8 Å². The molecule has 1 aliphatic rings. The number of nitrogens with zero attached hydrogens (tertiary/aromatic N) is 1. The average molecular weight is 332 g/mol. The summed E-state index contributed by atoms with van der Waals surface area (Å²) in [5.41, 5.74) is 2.68. The molecule has 2 aromatic rings. The summed E-state index contributed by atoms with van der Waals surface area (Å²) >= 11 is 0.991. The first-order valence-electron chi connectivity index (χ1n) is 7.25. The summed E-state index contributed by atoms with van der Waals surface area (Å²) in [6, 6.07) is 5.84. The fourth-order valence-corrected chi connectivity index (χ4v) is 3.22. The highest BCUT2D eigenvalue weighted by atomic mass is 32.2. The van der Waals surface area contributed by atoms with Crippen molar-refractivity contribution in [3.63, 3.8) is 0 Å². The molecule has 2 heterocycles. The smallest absolute Gasteiger partial charge is 0.288 e. The Labute approximate surface area is 137 Å². The molecule has 0 spiro atoms. The van der Waals surface area contributed by atoms with Crippen molar-refractivity contribution in [3.8, 4) is 0 Å². The first kappa shape index (κ1) is 15.6. The van der Waals surface area contributed by atoms with Crippen molar-refractivity contribution >= 4 is 39.8 Å². The maximum Gasteiger partial charge on any atom is 0.288 e. The highest BCUT2D eigenvalue weighted by molar-refractivity contribution is 8.14. The van der Waals surface area contributed by atoms with Crippen molar-refractivity contribution in [2.75, 3.05) is 18.8 Å². The van der Waals surface area contributed by atoms with Crippen LogP contribution in [0, 0.1) is 6.92 Å². The number of hydrogen-bond donors (Lipinski definition) is 1. The van der Waals surface area contributed by atoms with Gasteiger partial charge in [-0.25, -0.2) is 0 Å². The van der Waals surface area contributed by atoms with Gasteiger partial charge in [-0.05, 0) is 18.6 Å². The molecule has 1 aromatic carbocycles. The van der Waals surface area contributed by atoms with E-state index in [1.54, 1.807) is 6.26 Å². The third-order valence-corrected chi connectivity index (χ3v) is 4.52. The minimum atomic E-state index is -0.250. The number of carbonyl (C=O) groups is 3. The second-order valence-electron chi connectivity index (χ2n) is 5.39. The lowest BCUT2D eigenvalue weighted by Gasteiger charge is -2.12. The lowest BCUT2D eigenvalue weighted by atomic mass is 10.1. The van der Waals surface area contributed by atoms with Gasteiger partial charge in [0.25, 0.3) is 5.24 Å². The van der Waals surface area contributed by atoms with Gasteiger partial charge in [0, 0.05) is 24.0 Å². The van der Waals surface area contributed by atoms with E-state index < -0.39 is 0 Å². The van der Waals surface area contributed by atoms with Gasteiger partial charge in [0.05, 0.1) is 18.4 Å². The van der Waals surface area contributed by atoms with E-state index in [0.29, 0.717) is 0 Å². The Morgan fingerprint density at radius 3 is 2.96 bits per heavy atom. The van der Waals surface area contributed by atoms with Crippen molar-refractivity contribution in [2.45, 2.75) is 13.3 Å². The molecule has 3 amide bonds. The maximum absolute atomic E-state index is 12.0. The van der Waals surface area contributed by atoms with Crippen LogP contribution in [0.1, 0.15) is 11.1 Å². The fourth-order valence-electron chi connectivity index (χ4n) is 2.47. The fraction of sp³-hybridized carbons (Fsp3) is 0.312. The minimum absolute atomic E-state index is 0.167. The van der Waals surface area contributed by atoms with Crippen molar-refractivity contribution in [1.29, 1.82) is 0 Å². The molecule has 0 radical (unpaired) electrons. The highest BCUT2D eigenvalue weighted by Gasteiger charge is 2.29. The van der Waals surface area contributed by atoms with Gasteiger partial charge in [0.1, 0.15) is 5.58 Å². The molecule has 0 atom stereocenters. The summed E-state index contributed by atoms with van der Waals surface area (Å²) in [5, 5.41) is 3.40. The molecule has 0 saturated carbocycles. The molecule has 1 fully saturated rings. The monoisotopic (exact) mass is 332 g/mol. The topological polar surface area (TPSA) is 79.6 Å². The van der Waals surface area contributed by atoms with Crippen LogP contribution in [0.3, 0.4) is 0 Å². The number of amides is 3. The first-order valence-corrected chi connectivity index (χ1v) is 8.23. The Balaban J connectivity index is 1.54. The lowest BCUT2D eigenvalue weighted by molar-refractivity contribution is -0.125. The molecule has 0 aliphatic carbocycles. The number of benzene rings is 1. The Bertz CT molecular complexity index is 767. The quantitative estimate of drug-likeness (QED) is 0.907. The van der Waals surface area contributed by atoms with Crippen molar-refractivity contribution < 1.29 is 18.8 Å². The summed E-state index contributed by atoms with van der Waals surface area (Å²) < 4.78 is 5.46. The van der Waals surface area contributed by atoms with E-state index in [1.165, 1.54) is 4.90 Å². The van der Waals surface area contributed by atoms with Crippen LogP contribution < -0.4 is 5.32 Å². The molecule has 120 valence electrons. The summed E-state index contributed by atoms with van der Waals surface area (Å²) in [4.78, 5) is 36.1. The normalized spacial score (nSPS) is 14.7. The number of fused-ring (bicyclic) bond motifs is 1. The third kappa shape index (κ3) is 3.39. The van der Waals surface area contributed by atoms with Crippen LogP contribution in [0.2, 0.25) is 0 Å². The van der Waals surface area contributed by atoms with E-state index in [4.69, 9.17) is 4.42 Å². The largest absolute Gasteiger partial charge is 0.464 e. The van der Waals surface area contributed by atoms with E-state index in [2.05, 4.69) is 5.32 Å². The molecule has 1 N–H and O–H groups in total. The zero-order valence-corrected chi connectivity index (χ0v) is 13.4. The van der Waals surface area contributed by atoms with Gasteiger partial charge in [-0.15, -0.1) is 0 Å². The van der Waals surface area contributed by atoms with Crippen LogP contribution in [-0.4, -0.2) is 40.8 Å². The molecule has 1 saturated heterocycles. The number of imide groups is 1. The molecule has 7 heteroatoms. The predicted molar refractivity (Wildman–Crippen MR) is 87.2 cm³/mol. The second-order valence-corrected chi connectivity index (χ2v) is 6.31. The van der Waals surface area contributed by atoms with Gasteiger partial charge in [0.2, 0.25) is 11.8 Å². The number of carbonyl (C=O) groups excluding carboxylic acids is 3. The van der Waals surface area contributed by atoms with Gasteiger partial charge < -0.3 is 9.73 Å². The molecule has 1 aliphatic heterocycles. The number of aryl methyl sites for hydroxylation is 1. The van der Waals surface area contributed by atoms with Gasteiger partial charge in [-0.2, -0.15) is 0 Å². The predicted octanol–water partition coefficient (Wildman–Crippen LogP) is 2.10. The Hall–Kier alpha value is -2.28. The average Bonchev–Trinajstić information content (AvgIpc) is 3.04. The van der Waals surface area contributed by atoms with Gasteiger partial charge >= 0.3 is 0 Å². The summed E-state index contributed by atoms with van der Waals surface area (Å²) in [6.07, 6.45) is 1.79. The zero-order valence-electron chi connectivity index (χ0n) is 12.6. The Kier molecular flexibility index (Phi) is 4.38. The van der Waals surface area contributed by atoms with Crippen molar-refractivity contribution in [1.82, 2.24) is 10.2 Å². The van der Waals surface area contributed by atoms with Crippen molar-refractivity contribution in [3.05, 3.63) is 35.6 Å². The first-order chi connectivity index (χ1) is 11.0. The van der Waals surface area contributed by atoms with Gasteiger partial charge in [-0.3, -0.25) is 19.3 Å². The van der Waals surface area contributed by atoms with E-state index in [0.717, 1.165) is 33.9 Å². The summed E-state index contributed by atoms with van der Waals surface area (Å²) in [7, 11) is 0. The van der Waals surface area contributed by atoms with Crippen LogP contribution in [0.5, 0.6) is 0 Å². The summed E-state index contributed by atoms with van der Waals surface area (Å²) in [6.45, 7) is 2.45. The van der Waals surface area contributed by atoms with Gasteiger partial charge in [0.15, 0.2) is 0 Å². The van der Waals surface area contributed by atoms with E-state index >= 15 is 0 Å². The molecule has 0 unspecified atom stereocenters. The lowest BCUT2D eigenvalue weighted by Crippen LogP contribution is -2.37. The summed E-state index contributed by atoms with van der Waals surface area (Å²) in [5.74, 6) is -0.182. The third-order valence-electron chi connectivity index (χ3n) is 3.66. The molecule has 23 heavy (non-hydrogen) atoms. The maximum atomic E-state index is 12.0. The standard InChI is InChI=1S/C16H16N2O4S/c1-10-2-3-12-11(8-22-13(12)6-10)7-14(19)17-4-5-18-15(20)9-23-16(18)21/h2-3,6,8H,4-5,7,9H2,1H3,(H,17,19). The minimum Gasteiger partial charge on any atom is -0.464 e. The van der Waals surface area contributed by atoms with Crippen LogP contribution in [0.15, 0.2) is 28.9 Å². The van der Waals surface area contributed by atoms with Crippen LogP contribution in [0.4, 0.5) is 4.79 Å². The molecule has 3 rings (SSSR count). The second kappa shape index (κ2) is 6.45. The molecule has 1 aromatic heterocycles. The molecule has 6 nitrogen and oxygen atoms in total. The van der Waals surface area contributed by atoms with E-state index in [9.17, 15) is 14.4 Å². The Morgan fingerprint density at radius 2 is 2.22 bits per heavy atom. The number of hydrogen-bond acceptors (Lipinski definition) is 5. The molecule has 0 bridgehead atoms. The van der Waals surface area contributed by atoms with Crippen molar-refractivity contribution in [2.24, 2.45) is 0 Å². The Morgan fingerprint density at radius 1 is 1.39 bits per heavy atom. The SMILES string of the molecule is Cc1ccc2c(CC(=O)NCCN3C(=O)CSC3=O)coc2c1. The molecular formula is C16H16N2O4S.